The molecule has 0 saturated heterocycles. The molecule has 2 aromatic carbocycles. The minimum absolute atomic E-state index is 0.856. The van der Waals surface area contributed by atoms with E-state index in [1.807, 2.05) is 12.1 Å². The second-order valence-corrected chi connectivity index (χ2v) is 6.63. The van der Waals surface area contributed by atoms with Gasteiger partial charge in [0.15, 0.2) is 0 Å². The van der Waals surface area contributed by atoms with E-state index < -0.39 is 0 Å². The first kappa shape index (κ1) is 14.8. The predicted molar refractivity (Wildman–Crippen MR) is 101 cm³/mol. The summed E-state index contributed by atoms with van der Waals surface area (Å²) in [6.07, 6.45) is 2.61. The van der Waals surface area contributed by atoms with E-state index >= 15 is 0 Å². The number of fused-ring (bicyclic) bond motifs is 1. The predicted octanol–water partition coefficient (Wildman–Crippen LogP) is 5.01. The highest BCUT2D eigenvalue weighted by molar-refractivity contribution is 7.22. The van der Waals surface area contributed by atoms with Gasteiger partial charge in [-0.2, -0.15) is 0 Å². The van der Waals surface area contributed by atoms with Crippen LogP contribution in [-0.4, -0.2) is 16.5 Å². The zero-order chi connectivity index (χ0) is 16.2. The molecule has 4 rings (SSSR count). The lowest BCUT2D eigenvalue weighted by Gasteiger charge is -2.06. The third-order valence-corrected chi connectivity index (χ3v) is 5.10. The van der Waals surface area contributed by atoms with Gasteiger partial charge in [0, 0.05) is 11.4 Å². The first-order valence-electron chi connectivity index (χ1n) is 7.98. The number of hydrogen-bond donors (Lipinski definition) is 1. The standard InChI is InChI=1S/C20H17N3S/c1-3-7-15(8-4-1)11-12-21-20-19-17(22-14-23-20)13-18(24-19)16-9-5-2-6-10-16/h1-10,13-14H,11-12H2,(H,21,22,23). The van der Waals surface area contributed by atoms with Crippen LogP contribution in [0.4, 0.5) is 5.82 Å². The number of rotatable bonds is 5. The molecule has 0 aliphatic rings. The van der Waals surface area contributed by atoms with Crippen molar-refractivity contribution < 1.29 is 0 Å². The third kappa shape index (κ3) is 3.14. The van der Waals surface area contributed by atoms with Crippen molar-refractivity contribution in [3.05, 3.63) is 78.6 Å². The largest absolute Gasteiger partial charge is 0.368 e. The van der Waals surface area contributed by atoms with Gasteiger partial charge in [-0.3, -0.25) is 0 Å². The maximum Gasteiger partial charge on any atom is 0.147 e. The minimum atomic E-state index is 0.856. The molecule has 0 aliphatic heterocycles. The van der Waals surface area contributed by atoms with Gasteiger partial charge < -0.3 is 5.32 Å². The Morgan fingerprint density at radius 3 is 2.42 bits per heavy atom. The molecule has 0 saturated carbocycles. The molecule has 2 aromatic heterocycles. The molecule has 0 radical (unpaired) electrons. The molecule has 0 unspecified atom stereocenters. The number of aromatic nitrogens is 2. The van der Waals surface area contributed by atoms with Gasteiger partial charge in [0.1, 0.15) is 12.1 Å². The fourth-order valence-electron chi connectivity index (χ4n) is 2.69. The van der Waals surface area contributed by atoms with Crippen LogP contribution in [0.5, 0.6) is 0 Å². The summed E-state index contributed by atoms with van der Waals surface area (Å²) >= 11 is 1.74. The highest BCUT2D eigenvalue weighted by atomic mass is 32.1. The molecular weight excluding hydrogens is 314 g/mol. The van der Waals surface area contributed by atoms with E-state index in [4.69, 9.17) is 0 Å². The van der Waals surface area contributed by atoms with Crippen LogP contribution in [0.2, 0.25) is 0 Å². The fourth-order valence-corrected chi connectivity index (χ4v) is 3.78. The Labute approximate surface area is 145 Å². The van der Waals surface area contributed by atoms with Gasteiger partial charge in [0.05, 0.1) is 10.2 Å². The number of nitrogens with one attached hydrogen (secondary N) is 1. The summed E-state index contributed by atoms with van der Waals surface area (Å²) in [5.41, 5.74) is 3.54. The van der Waals surface area contributed by atoms with Gasteiger partial charge in [0.25, 0.3) is 0 Å². The van der Waals surface area contributed by atoms with E-state index in [9.17, 15) is 0 Å². The fraction of sp³-hybridized carbons (Fsp3) is 0.100. The summed E-state index contributed by atoms with van der Waals surface area (Å²) in [4.78, 5) is 10.1. The van der Waals surface area contributed by atoms with Crippen molar-refractivity contribution in [3.63, 3.8) is 0 Å². The first-order chi connectivity index (χ1) is 11.9. The Kier molecular flexibility index (Phi) is 4.21. The van der Waals surface area contributed by atoms with Crippen molar-refractivity contribution in [2.45, 2.75) is 6.42 Å². The number of hydrogen-bond acceptors (Lipinski definition) is 4. The summed E-state index contributed by atoms with van der Waals surface area (Å²) < 4.78 is 1.12. The SMILES string of the molecule is c1ccc(CCNc2ncnc3cc(-c4ccccc4)sc23)cc1. The molecule has 0 atom stereocenters. The molecule has 1 N–H and O–H groups in total. The summed E-state index contributed by atoms with van der Waals surface area (Å²) in [6, 6.07) is 23.0. The van der Waals surface area contributed by atoms with E-state index in [0.717, 1.165) is 29.0 Å². The Hall–Kier alpha value is -2.72. The molecule has 0 amide bonds. The number of nitrogens with zero attached hydrogens (tertiary/aromatic N) is 2. The zero-order valence-electron chi connectivity index (χ0n) is 13.1. The Morgan fingerprint density at radius 2 is 1.62 bits per heavy atom. The lowest BCUT2D eigenvalue weighted by Crippen LogP contribution is -2.06. The highest BCUT2D eigenvalue weighted by Gasteiger charge is 2.09. The van der Waals surface area contributed by atoms with Gasteiger partial charge >= 0.3 is 0 Å². The monoisotopic (exact) mass is 331 g/mol. The smallest absolute Gasteiger partial charge is 0.147 e. The average molecular weight is 331 g/mol. The summed E-state index contributed by atoms with van der Waals surface area (Å²) in [5.74, 6) is 0.920. The van der Waals surface area contributed by atoms with Gasteiger partial charge in [-0.25, -0.2) is 9.97 Å². The van der Waals surface area contributed by atoms with Crippen molar-refractivity contribution in [1.29, 1.82) is 0 Å². The normalized spacial score (nSPS) is 10.8. The van der Waals surface area contributed by atoms with Crippen LogP contribution < -0.4 is 5.32 Å². The van der Waals surface area contributed by atoms with Gasteiger partial charge in [0.2, 0.25) is 0 Å². The zero-order valence-corrected chi connectivity index (χ0v) is 14.0. The van der Waals surface area contributed by atoms with Crippen molar-refractivity contribution in [3.8, 4) is 10.4 Å². The Morgan fingerprint density at radius 1 is 0.875 bits per heavy atom. The quantitative estimate of drug-likeness (QED) is 0.558. The van der Waals surface area contributed by atoms with Crippen LogP contribution in [0.1, 0.15) is 5.56 Å². The van der Waals surface area contributed by atoms with Crippen molar-refractivity contribution in [1.82, 2.24) is 9.97 Å². The molecular formula is C20H17N3S. The van der Waals surface area contributed by atoms with E-state index in [0.29, 0.717) is 0 Å². The Bertz CT molecular complexity index is 933. The van der Waals surface area contributed by atoms with Gasteiger partial charge in [-0.1, -0.05) is 60.7 Å². The Balaban J connectivity index is 1.56. The molecule has 2 heterocycles. The van der Waals surface area contributed by atoms with Gasteiger partial charge in [-0.05, 0) is 23.6 Å². The van der Waals surface area contributed by atoms with Crippen LogP contribution in [-0.2, 0) is 6.42 Å². The topological polar surface area (TPSA) is 37.8 Å². The summed E-state index contributed by atoms with van der Waals surface area (Å²) in [6.45, 7) is 0.856. The maximum atomic E-state index is 4.43. The second-order valence-electron chi connectivity index (χ2n) is 5.58. The lowest BCUT2D eigenvalue weighted by atomic mass is 10.1. The summed E-state index contributed by atoms with van der Waals surface area (Å²) in [5, 5.41) is 3.46. The number of thiophene rings is 1. The molecule has 0 spiro atoms. The van der Waals surface area contributed by atoms with E-state index in [2.05, 4.69) is 69.9 Å². The van der Waals surface area contributed by atoms with Gasteiger partial charge in [-0.15, -0.1) is 11.3 Å². The molecule has 4 heteroatoms. The third-order valence-electron chi connectivity index (χ3n) is 3.92. The molecule has 0 aliphatic carbocycles. The van der Waals surface area contributed by atoms with Crippen molar-refractivity contribution >= 4 is 27.4 Å². The maximum absolute atomic E-state index is 4.43. The van der Waals surface area contributed by atoms with Crippen molar-refractivity contribution in [2.24, 2.45) is 0 Å². The van der Waals surface area contributed by atoms with Crippen LogP contribution in [0, 0.1) is 0 Å². The summed E-state index contributed by atoms with van der Waals surface area (Å²) in [7, 11) is 0. The van der Waals surface area contributed by atoms with Crippen LogP contribution in [0.3, 0.4) is 0 Å². The average Bonchev–Trinajstić information content (AvgIpc) is 3.09. The van der Waals surface area contributed by atoms with E-state index in [1.165, 1.54) is 16.0 Å². The molecule has 118 valence electrons. The van der Waals surface area contributed by atoms with Crippen LogP contribution in [0.15, 0.2) is 73.1 Å². The molecule has 3 nitrogen and oxygen atoms in total. The number of benzene rings is 2. The minimum Gasteiger partial charge on any atom is -0.368 e. The van der Waals surface area contributed by atoms with E-state index in [1.54, 1.807) is 17.7 Å². The molecule has 4 aromatic rings. The number of anilines is 1. The molecule has 0 bridgehead atoms. The molecule has 24 heavy (non-hydrogen) atoms. The van der Waals surface area contributed by atoms with Crippen LogP contribution in [0.25, 0.3) is 20.7 Å². The lowest BCUT2D eigenvalue weighted by molar-refractivity contribution is 1.01. The second kappa shape index (κ2) is 6.81. The van der Waals surface area contributed by atoms with Crippen molar-refractivity contribution in [2.75, 3.05) is 11.9 Å². The van der Waals surface area contributed by atoms with E-state index in [-0.39, 0.29) is 0 Å². The molecule has 0 fully saturated rings. The van der Waals surface area contributed by atoms with Crippen LogP contribution >= 0.6 is 11.3 Å². The highest BCUT2D eigenvalue weighted by Crippen LogP contribution is 2.35. The first-order valence-corrected chi connectivity index (χ1v) is 8.79.